The van der Waals surface area contributed by atoms with E-state index in [4.69, 9.17) is 11.6 Å². The predicted molar refractivity (Wildman–Crippen MR) is 114 cm³/mol. The van der Waals surface area contributed by atoms with E-state index in [9.17, 15) is 19.7 Å². The van der Waals surface area contributed by atoms with Gasteiger partial charge in [0.2, 0.25) is 0 Å². The van der Waals surface area contributed by atoms with Crippen molar-refractivity contribution in [1.29, 1.82) is 0 Å². The Labute approximate surface area is 180 Å². The van der Waals surface area contributed by atoms with Crippen molar-refractivity contribution in [3.8, 4) is 0 Å². The van der Waals surface area contributed by atoms with E-state index in [0.29, 0.717) is 20.6 Å². The zero-order valence-corrected chi connectivity index (χ0v) is 17.9. The first-order chi connectivity index (χ1) is 13.7. The molecule has 10 heteroatoms. The number of nitro benzene ring substituents is 1. The first-order valence-corrected chi connectivity index (χ1v) is 9.69. The van der Waals surface area contributed by atoms with Crippen LogP contribution in [0.2, 0.25) is 5.02 Å². The highest BCUT2D eigenvalue weighted by atomic mass is 79.9. The number of hydrogen-bond acceptors (Lipinski definition) is 5. The Morgan fingerprint density at radius 3 is 2.45 bits per heavy atom. The second-order valence-corrected chi connectivity index (χ2v) is 7.70. The van der Waals surface area contributed by atoms with E-state index >= 15 is 0 Å². The zero-order valence-electron chi connectivity index (χ0n) is 15.6. The molecule has 0 aromatic heterocycles. The molecule has 0 radical (unpaired) electrons. The lowest BCUT2D eigenvalue weighted by molar-refractivity contribution is -0.385. The second-order valence-electron chi connectivity index (χ2n) is 6.40. The largest absolute Gasteiger partial charge is 0.340 e. The number of amides is 2. The number of benzene rings is 2. The average Bonchev–Trinajstić information content (AvgIpc) is 2.67. The topological polar surface area (TPSA) is 114 Å². The summed E-state index contributed by atoms with van der Waals surface area (Å²) in [5.41, 5.74) is 3.05. The summed E-state index contributed by atoms with van der Waals surface area (Å²) in [4.78, 5) is 35.3. The number of nitro groups is 1. The summed E-state index contributed by atoms with van der Waals surface area (Å²) in [6.07, 6.45) is 1.29. The number of hydrogen-bond donors (Lipinski definition) is 2. The first kappa shape index (κ1) is 22.5. The summed E-state index contributed by atoms with van der Waals surface area (Å²) in [7, 11) is 0. The number of carbonyl (C=O) groups excluding carboxylic acids is 2. The van der Waals surface area contributed by atoms with Crippen LogP contribution in [0.4, 0.5) is 5.69 Å². The van der Waals surface area contributed by atoms with Gasteiger partial charge in [0.15, 0.2) is 0 Å². The van der Waals surface area contributed by atoms with E-state index in [2.05, 4.69) is 31.8 Å². The number of rotatable bonds is 7. The Bertz CT molecular complexity index is 948. The quantitative estimate of drug-likeness (QED) is 0.354. The van der Waals surface area contributed by atoms with Crippen molar-refractivity contribution < 1.29 is 14.5 Å². The standard InChI is InChI=1S/C19H18BrClN4O4/c1-11(2)17(23-18(26)13-4-6-14(21)7-5-13)19(27)24-22-10-12-3-8-15(20)16(9-12)25(28)29/h3-11,17H,1-2H3,(H,23,26)(H,24,27). The van der Waals surface area contributed by atoms with E-state index in [1.54, 1.807) is 44.2 Å². The van der Waals surface area contributed by atoms with Gasteiger partial charge in [-0.3, -0.25) is 19.7 Å². The molecule has 1 atom stereocenters. The molecule has 0 spiro atoms. The molecule has 2 rings (SSSR count). The van der Waals surface area contributed by atoms with Crippen molar-refractivity contribution >= 4 is 51.2 Å². The highest BCUT2D eigenvalue weighted by molar-refractivity contribution is 9.10. The van der Waals surface area contributed by atoms with Crippen LogP contribution >= 0.6 is 27.5 Å². The predicted octanol–water partition coefficient (Wildman–Crippen LogP) is 3.92. The molecule has 0 aliphatic rings. The van der Waals surface area contributed by atoms with Crippen molar-refractivity contribution in [3.05, 3.63) is 73.2 Å². The van der Waals surface area contributed by atoms with Gasteiger partial charge >= 0.3 is 0 Å². The van der Waals surface area contributed by atoms with E-state index in [-0.39, 0.29) is 11.6 Å². The highest BCUT2D eigenvalue weighted by Crippen LogP contribution is 2.24. The average molecular weight is 482 g/mol. The minimum Gasteiger partial charge on any atom is -0.340 e. The normalized spacial score (nSPS) is 12.0. The van der Waals surface area contributed by atoms with Gasteiger partial charge in [0.25, 0.3) is 17.5 Å². The summed E-state index contributed by atoms with van der Waals surface area (Å²) >= 11 is 8.91. The lowest BCUT2D eigenvalue weighted by Crippen LogP contribution is -2.48. The van der Waals surface area contributed by atoms with Gasteiger partial charge in [-0.2, -0.15) is 5.10 Å². The lowest BCUT2D eigenvalue weighted by Gasteiger charge is -2.20. The van der Waals surface area contributed by atoms with Gasteiger partial charge < -0.3 is 5.32 Å². The molecule has 1 unspecified atom stereocenters. The minimum atomic E-state index is -0.824. The van der Waals surface area contributed by atoms with Gasteiger partial charge in [-0.05, 0) is 52.2 Å². The van der Waals surface area contributed by atoms with Gasteiger partial charge in [0.1, 0.15) is 6.04 Å². The molecule has 0 aliphatic carbocycles. The molecule has 8 nitrogen and oxygen atoms in total. The molecule has 29 heavy (non-hydrogen) atoms. The minimum absolute atomic E-state index is 0.115. The Kier molecular flexibility index (Phi) is 7.86. The Hall–Kier alpha value is -2.78. The Morgan fingerprint density at radius 1 is 1.21 bits per heavy atom. The fourth-order valence-electron chi connectivity index (χ4n) is 2.35. The van der Waals surface area contributed by atoms with Gasteiger partial charge in [0.05, 0.1) is 15.6 Å². The van der Waals surface area contributed by atoms with Crippen LogP contribution in [0.15, 0.2) is 52.0 Å². The van der Waals surface area contributed by atoms with E-state index < -0.39 is 22.8 Å². The molecular weight excluding hydrogens is 464 g/mol. The third-order valence-electron chi connectivity index (χ3n) is 3.90. The third kappa shape index (κ3) is 6.37. The fourth-order valence-corrected chi connectivity index (χ4v) is 2.87. The smallest absolute Gasteiger partial charge is 0.284 e. The molecule has 0 saturated heterocycles. The molecule has 2 aromatic carbocycles. The molecule has 152 valence electrons. The molecule has 2 aromatic rings. The van der Waals surface area contributed by atoms with Crippen molar-refractivity contribution in [2.75, 3.05) is 0 Å². The lowest BCUT2D eigenvalue weighted by atomic mass is 10.0. The van der Waals surface area contributed by atoms with Crippen LogP contribution in [-0.4, -0.2) is 29.0 Å². The first-order valence-electron chi connectivity index (χ1n) is 8.52. The third-order valence-corrected chi connectivity index (χ3v) is 4.82. The van der Waals surface area contributed by atoms with E-state index in [1.807, 2.05) is 0 Å². The van der Waals surface area contributed by atoms with Gasteiger partial charge in [0, 0.05) is 22.2 Å². The van der Waals surface area contributed by atoms with E-state index in [0.717, 1.165) is 0 Å². The molecule has 2 N–H and O–H groups in total. The molecule has 0 heterocycles. The zero-order chi connectivity index (χ0) is 21.6. The fraction of sp³-hybridized carbons (Fsp3) is 0.211. The molecule has 0 saturated carbocycles. The number of carbonyl (C=O) groups is 2. The van der Waals surface area contributed by atoms with Crippen LogP contribution < -0.4 is 10.7 Å². The van der Waals surface area contributed by atoms with Crippen LogP contribution in [0.1, 0.15) is 29.8 Å². The molecular formula is C19H18BrClN4O4. The van der Waals surface area contributed by atoms with Crippen LogP contribution in [-0.2, 0) is 4.79 Å². The van der Waals surface area contributed by atoms with Gasteiger partial charge in [-0.1, -0.05) is 31.5 Å². The van der Waals surface area contributed by atoms with Crippen molar-refractivity contribution in [1.82, 2.24) is 10.7 Å². The van der Waals surface area contributed by atoms with Crippen molar-refractivity contribution in [2.24, 2.45) is 11.0 Å². The highest BCUT2D eigenvalue weighted by Gasteiger charge is 2.24. The number of hydrazone groups is 1. The molecule has 0 aliphatic heterocycles. The summed E-state index contributed by atoms with van der Waals surface area (Å²) in [5.74, 6) is -1.12. The monoisotopic (exact) mass is 480 g/mol. The van der Waals surface area contributed by atoms with Crippen molar-refractivity contribution in [2.45, 2.75) is 19.9 Å². The van der Waals surface area contributed by atoms with Crippen LogP contribution in [0.25, 0.3) is 0 Å². The number of halogens is 2. The van der Waals surface area contributed by atoms with Gasteiger partial charge in [-0.15, -0.1) is 0 Å². The summed E-state index contributed by atoms with van der Waals surface area (Å²) in [5, 5.41) is 18.0. The van der Waals surface area contributed by atoms with Crippen LogP contribution in [0.5, 0.6) is 0 Å². The van der Waals surface area contributed by atoms with Crippen molar-refractivity contribution in [3.63, 3.8) is 0 Å². The summed E-state index contributed by atoms with van der Waals surface area (Å²) in [6.45, 7) is 3.57. The molecule has 0 fully saturated rings. The molecule has 2 amide bonds. The van der Waals surface area contributed by atoms with Crippen LogP contribution in [0, 0.1) is 16.0 Å². The number of nitrogens with zero attached hydrogens (tertiary/aromatic N) is 2. The summed E-state index contributed by atoms with van der Waals surface area (Å²) < 4.78 is 0.341. The maximum atomic E-state index is 12.4. The number of nitrogens with one attached hydrogen (secondary N) is 2. The van der Waals surface area contributed by atoms with Crippen LogP contribution in [0.3, 0.4) is 0 Å². The molecule has 0 bridgehead atoms. The van der Waals surface area contributed by atoms with Gasteiger partial charge in [-0.25, -0.2) is 5.43 Å². The SMILES string of the molecule is CC(C)C(NC(=O)c1ccc(Cl)cc1)C(=O)NN=Cc1ccc(Br)c([N+](=O)[O-])c1. The second kappa shape index (κ2) is 10.1. The summed E-state index contributed by atoms with van der Waals surface area (Å²) in [6, 6.07) is 9.92. The maximum absolute atomic E-state index is 12.4. The maximum Gasteiger partial charge on any atom is 0.284 e. The Balaban J connectivity index is 2.05. The Morgan fingerprint density at radius 2 is 1.86 bits per heavy atom. The van der Waals surface area contributed by atoms with E-state index in [1.165, 1.54) is 18.3 Å².